The van der Waals surface area contributed by atoms with E-state index in [0.717, 1.165) is 16.7 Å². The van der Waals surface area contributed by atoms with Gasteiger partial charge in [0.15, 0.2) is 5.58 Å². The van der Waals surface area contributed by atoms with Gasteiger partial charge in [-0.2, -0.15) is 5.26 Å². The molecule has 2 atom stereocenters. The topological polar surface area (TPSA) is 88.6 Å². The minimum Gasteiger partial charge on any atom is -0.488 e. The number of hydrogen-bond acceptors (Lipinski definition) is 6. The molecule has 2 aromatic heterocycles. The van der Waals surface area contributed by atoms with Crippen LogP contribution in [0, 0.1) is 23.2 Å². The molecule has 1 aliphatic heterocycles. The van der Waals surface area contributed by atoms with Crippen molar-refractivity contribution in [2.45, 2.75) is 20.0 Å². The molecule has 188 valence electrons. The van der Waals surface area contributed by atoms with Crippen molar-refractivity contribution in [3.8, 4) is 34.3 Å². The molecule has 1 saturated heterocycles. The van der Waals surface area contributed by atoms with E-state index in [1.54, 1.807) is 37.3 Å². The number of nitrogens with zero attached hydrogens (tertiary/aromatic N) is 3. The maximum Gasteiger partial charge on any atom is 0.253 e. The van der Waals surface area contributed by atoms with Crippen molar-refractivity contribution in [2.24, 2.45) is 11.8 Å². The first-order valence-corrected chi connectivity index (χ1v) is 12.3. The van der Waals surface area contributed by atoms with Gasteiger partial charge < -0.3 is 18.8 Å². The molecule has 37 heavy (non-hydrogen) atoms. The summed E-state index contributed by atoms with van der Waals surface area (Å²) in [5.74, 6) is 1.66. The number of carbonyl (C=O) groups is 1. The molecular weight excluding hydrogens is 466 g/mol. The van der Waals surface area contributed by atoms with Gasteiger partial charge in [-0.3, -0.25) is 9.78 Å². The Hall–Kier alpha value is -4.15. The summed E-state index contributed by atoms with van der Waals surface area (Å²) in [7, 11) is 3.45. The average Bonchev–Trinajstić information content (AvgIpc) is 3.35. The summed E-state index contributed by atoms with van der Waals surface area (Å²) < 4.78 is 18.2. The van der Waals surface area contributed by atoms with E-state index in [1.165, 1.54) is 0 Å². The summed E-state index contributed by atoms with van der Waals surface area (Å²) in [6.07, 6.45) is 1.73. The van der Waals surface area contributed by atoms with Gasteiger partial charge in [-0.1, -0.05) is 32.0 Å². The smallest absolute Gasteiger partial charge is 0.253 e. The Labute approximate surface area is 216 Å². The van der Waals surface area contributed by atoms with Crippen LogP contribution in [0.5, 0.6) is 5.75 Å². The summed E-state index contributed by atoms with van der Waals surface area (Å²) in [6.45, 7) is 5.52. The van der Waals surface area contributed by atoms with Crippen LogP contribution in [0.15, 0.2) is 65.2 Å². The highest BCUT2D eigenvalue weighted by Gasteiger charge is 2.31. The lowest BCUT2D eigenvalue weighted by Crippen LogP contribution is -2.41. The molecule has 1 amide bonds. The Morgan fingerprint density at radius 1 is 1.03 bits per heavy atom. The zero-order valence-electron chi connectivity index (χ0n) is 21.4. The number of fused-ring (bicyclic) bond motifs is 1. The number of aromatic nitrogens is 1. The number of furan rings is 1. The first kappa shape index (κ1) is 24.5. The van der Waals surface area contributed by atoms with Crippen LogP contribution in [0.25, 0.3) is 33.6 Å². The van der Waals surface area contributed by atoms with Gasteiger partial charge in [0.25, 0.3) is 5.91 Å². The predicted molar refractivity (Wildman–Crippen MR) is 141 cm³/mol. The molecule has 0 N–H and O–H groups in total. The summed E-state index contributed by atoms with van der Waals surface area (Å²) in [4.78, 5) is 18.2. The molecule has 4 aromatic rings. The Morgan fingerprint density at radius 2 is 1.73 bits per heavy atom. The molecule has 1 aliphatic rings. The predicted octanol–water partition coefficient (Wildman–Crippen LogP) is 5.79. The fourth-order valence-corrected chi connectivity index (χ4v) is 4.80. The Kier molecular flexibility index (Phi) is 6.68. The molecule has 0 spiro atoms. The van der Waals surface area contributed by atoms with E-state index in [0.29, 0.717) is 47.0 Å². The third-order valence-corrected chi connectivity index (χ3v) is 6.79. The van der Waals surface area contributed by atoms with Gasteiger partial charge in [0.2, 0.25) is 0 Å². The summed E-state index contributed by atoms with van der Waals surface area (Å²) in [5, 5.41) is 9.90. The van der Waals surface area contributed by atoms with E-state index in [-0.39, 0.29) is 23.8 Å². The Bertz CT molecular complexity index is 1470. The number of carbonyl (C=O) groups excluding carboxylic acids is 1. The third kappa shape index (κ3) is 4.81. The number of pyridine rings is 1. The lowest BCUT2D eigenvalue weighted by Gasteiger charge is -2.34. The molecule has 2 aromatic carbocycles. The van der Waals surface area contributed by atoms with E-state index in [9.17, 15) is 10.1 Å². The normalized spacial score (nSPS) is 17.9. The van der Waals surface area contributed by atoms with Crippen LogP contribution >= 0.6 is 0 Å². The first-order chi connectivity index (χ1) is 17.9. The highest BCUT2D eigenvalue weighted by Crippen LogP contribution is 2.36. The van der Waals surface area contributed by atoms with Crippen molar-refractivity contribution in [1.82, 2.24) is 9.88 Å². The van der Waals surface area contributed by atoms with E-state index < -0.39 is 0 Å². The van der Waals surface area contributed by atoms with Crippen LogP contribution in [0.3, 0.4) is 0 Å². The van der Waals surface area contributed by atoms with Gasteiger partial charge in [-0.25, -0.2) is 0 Å². The molecule has 0 aliphatic carbocycles. The van der Waals surface area contributed by atoms with Crippen LogP contribution in [0.4, 0.5) is 0 Å². The monoisotopic (exact) mass is 495 g/mol. The van der Waals surface area contributed by atoms with E-state index in [4.69, 9.17) is 13.9 Å². The van der Waals surface area contributed by atoms with Gasteiger partial charge >= 0.3 is 0 Å². The summed E-state index contributed by atoms with van der Waals surface area (Å²) in [5.41, 5.74) is 4.96. The lowest BCUT2D eigenvalue weighted by molar-refractivity contribution is -0.0551. The second-order valence-electron chi connectivity index (χ2n) is 9.86. The van der Waals surface area contributed by atoms with Gasteiger partial charge in [-0.15, -0.1) is 0 Å². The van der Waals surface area contributed by atoms with Crippen molar-refractivity contribution in [3.05, 3.63) is 71.9 Å². The Balaban J connectivity index is 1.47. The van der Waals surface area contributed by atoms with Crippen LogP contribution in [0.1, 0.15) is 29.8 Å². The lowest BCUT2D eigenvalue weighted by atomic mass is 9.92. The minimum absolute atomic E-state index is 0.00799. The van der Waals surface area contributed by atoms with Crippen LogP contribution in [0.2, 0.25) is 0 Å². The SMILES string of the molecule is C[C@@H]1COC[C@@H](C)C1Oc1ccc(-c2ccnc3cc(-c4ccc(C(=O)N(C)C)cc4)oc23)cc1C#N. The average molecular weight is 496 g/mol. The quantitative estimate of drug-likeness (QED) is 0.348. The number of benzene rings is 2. The largest absolute Gasteiger partial charge is 0.488 e. The maximum absolute atomic E-state index is 12.2. The number of amides is 1. The van der Waals surface area contributed by atoms with Crippen LogP contribution in [-0.4, -0.2) is 49.2 Å². The number of rotatable bonds is 5. The molecule has 0 saturated carbocycles. The van der Waals surface area contributed by atoms with E-state index in [2.05, 4.69) is 24.9 Å². The fourth-order valence-electron chi connectivity index (χ4n) is 4.80. The molecule has 0 bridgehead atoms. The van der Waals surface area contributed by atoms with Crippen molar-refractivity contribution in [1.29, 1.82) is 5.26 Å². The molecule has 1 fully saturated rings. The number of hydrogen-bond donors (Lipinski definition) is 0. The zero-order valence-corrected chi connectivity index (χ0v) is 21.4. The maximum atomic E-state index is 12.2. The Morgan fingerprint density at radius 3 is 2.41 bits per heavy atom. The van der Waals surface area contributed by atoms with E-state index >= 15 is 0 Å². The third-order valence-electron chi connectivity index (χ3n) is 6.79. The molecule has 3 heterocycles. The second kappa shape index (κ2) is 10.1. The fraction of sp³-hybridized carbons (Fsp3) is 0.300. The number of nitriles is 1. The van der Waals surface area contributed by atoms with Crippen molar-refractivity contribution < 1.29 is 18.7 Å². The minimum atomic E-state index is -0.0541. The van der Waals surface area contributed by atoms with Crippen molar-refractivity contribution in [2.75, 3.05) is 27.3 Å². The van der Waals surface area contributed by atoms with Gasteiger partial charge in [0, 0.05) is 54.9 Å². The number of ether oxygens (including phenoxy) is 2. The first-order valence-electron chi connectivity index (χ1n) is 12.3. The van der Waals surface area contributed by atoms with Crippen LogP contribution in [-0.2, 0) is 4.74 Å². The van der Waals surface area contributed by atoms with Crippen molar-refractivity contribution >= 4 is 17.0 Å². The molecule has 7 nitrogen and oxygen atoms in total. The molecule has 7 heteroatoms. The van der Waals surface area contributed by atoms with E-state index in [1.807, 2.05) is 42.5 Å². The summed E-state index contributed by atoms with van der Waals surface area (Å²) in [6, 6.07) is 19.0. The second-order valence-corrected chi connectivity index (χ2v) is 9.86. The molecule has 0 radical (unpaired) electrons. The molecule has 5 rings (SSSR count). The highest BCUT2D eigenvalue weighted by atomic mass is 16.5. The van der Waals surface area contributed by atoms with Gasteiger partial charge in [0.1, 0.15) is 29.2 Å². The van der Waals surface area contributed by atoms with Crippen molar-refractivity contribution in [3.63, 3.8) is 0 Å². The van der Waals surface area contributed by atoms with Crippen LogP contribution < -0.4 is 4.74 Å². The summed E-state index contributed by atoms with van der Waals surface area (Å²) >= 11 is 0. The highest BCUT2D eigenvalue weighted by molar-refractivity contribution is 5.95. The standard InChI is InChI=1S/C30H29N3O4/c1-18-16-35-17-19(2)28(18)36-26-10-9-22(13-23(26)15-31)24-11-12-32-25-14-27(37-29(24)25)20-5-7-21(8-6-20)30(34)33(3)4/h5-14,18-19,28H,16-17H2,1-4H3/t18-,19-/m1/s1. The van der Waals surface area contributed by atoms with Gasteiger partial charge in [-0.05, 0) is 35.9 Å². The van der Waals surface area contributed by atoms with Gasteiger partial charge in [0.05, 0.1) is 18.8 Å². The molecular formula is C30H29N3O4. The zero-order chi connectivity index (χ0) is 26.1. The molecule has 0 unspecified atom stereocenters.